The van der Waals surface area contributed by atoms with Gasteiger partial charge in [0.1, 0.15) is 22.7 Å². The monoisotopic (exact) mass is 354 g/mol. The van der Waals surface area contributed by atoms with Crippen LogP contribution in [0.4, 0.5) is 0 Å². The van der Waals surface area contributed by atoms with Crippen molar-refractivity contribution in [3.63, 3.8) is 0 Å². The van der Waals surface area contributed by atoms with Gasteiger partial charge in [0.25, 0.3) is 5.91 Å². The average molecular weight is 354 g/mol. The fraction of sp³-hybridized carbons (Fsp3) is 0.533. The number of carboxylic acids is 1. The van der Waals surface area contributed by atoms with Gasteiger partial charge in [-0.3, -0.25) is 14.5 Å². The molecular weight excluding hydrogens is 332 g/mol. The summed E-state index contributed by atoms with van der Waals surface area (Å²) in [6.45, 7) is 3.56. The number of hydrogen-bond acceptors (Lipinski definition) is 6. The van der Waals surface area contributed by atoms with Crippen molar-refractivity contribution in [3.8, 4) is 0 Å². The molecule has 1 saturated heterocycles. The number of β-lactam (4-membered cyclic amide) rings is 1. The Balaban J connectivity index is 2.47. The molecule has 8 nitrogen and oxygen atoms in total. The van der Waals surface area contributed by atoms with Crippen LogP contribution in [-0.2, 0) is 14.4 Å². The first-order chi connectivity index (χ1) is 11.2. The Bertz CT molecular complexity index is 660. The van der Waals surface area contributed by atoms with Crippen molar-refractivity contribution in [1.29, 1.82) is 0 Å². The van der Waals surface area contributed by atoms with Crippen molar-refractivity contribution in [1.82, 2.24) is 10.2 Å². The Morgan fingerprint density at radius 3 is 2.67 bits per heavy atom. The Hall–Kier alpha value is -1.84. The van der Waals surface area contributed by atoms with Crippen molar-refractivity contribution in [3.05, 3.63) is 22.9 Å². The summed E-state index contributed by atoms with van der Waals surface area (Å²) in [5, 5.41) is 11.6. The number of likely N-dealkylation sites (N-methyl/N-ethyl adjacent to an activating group) is 1. The van der Waals surface area contributed by atoms with Gasteiger partial charge in [-0.2, -0.15) is 0 Å². The lowest BCUT2D eigenvalue weighted by atomic mass is 9.76. The number of amides is 2. The van der Waals surface area contributed by atoms with Gasteiger partial charge < -0.3 is 21.9 Å². The van der Waals surface area contributed by atoms with Crippen LogP contribution in [0.1, 0.15) is 20.3 Å². The van der Waals surface area contributed by atoms with Crippen LogP contribution in [0.3, 0.4) is 0 Å². The number of rotatable bonds is 6. The van der Waals surface area contributed by atoms with Crippen molar-refractivity contribution in [2.24, 2.45) is 11.5 Å². The molecule has 0 radical (unpaired) electrons. The van der Waals surface area contributed by atoms with Crippen LogP contribution >= 0.6 is 11.8 Å². The number of aliphatic carboxylic acids is 1. The maximum Gasteiger partial charge on any atom is 0.352 e. The third kappa shape index (κ3) is 2.52. The molecule has 0 aromatic heterocycles. The number of thioether (sulfide) groups is 1. The summed E-state index contributed by atoms with van der Waals surface area (Å²) in [5.41, 5.74) is 11.7. The SMILES string of the molecule is CC/C(=C(/C)C(NC)C(N)=O)[C@@]1(N)C(=O)N2C(C(=O)O)=CCS[C@H]21. The zero-order valence-corrected chi connectivity index (χ0v) is 14.6. The summed E-state index contributed by atoms with van der Waals surface area (Å²) in [5.74, 6) is -1.73. The molecule has 9 heteroatoms. The van der Waals surface area contributed by atoms with E-state index in [1.165, 1.54) is 22.7 Å². The largest absolute Gasteiger partial charge is 0.477 e. The van der Waals surface area contributed by atoms with E-state index >= 15 is 0 Å². The molecule has 0 saturated carbocycles. The fourth-order valence-electron chi connectivity index (χ4n) is 3.42. The fourth-order valence-corrected chi connectivity index (χ4v) is 4.72. The Kier molecular flexibility index (Phi) is 5.07. The number of carbonyl (C=O) groups excluding carboxylic acids is 2. The van der Waals surface area contributed by atoms with Crippen molar-refractivity contribution in [2.45, 2.75) is 37.2 Å². The number of hydrogen-bond donors (Lipinski definition) is 4. The van der Waals surface area contributed by atoms with Gasteiger partial charge in [-0.25, -0.2) is 4.79 Å². The van der Waals surface area contributed by atoms with E-state index < -0.39 is 34.7 Å². The number of nitrogens with two attached hydrogens (primary N) is 2. The molecule has 2 rings (SSSR count). The second kappa shape index (κ2) is 6.58. The van der Waals surface area contributed by atoms with Crippen molar-refractivity contribution >= 4 is 29.5 Å². The van der Waals surface area contributed by atoms with Crippen LogP contribution in [0.2, 0.25) is 0 Å². The highest BCUT2D eigenvalue weighted by atomic mass is 32.2. The molecule has 2 aliphatic heterocycles. The first-order valence-electron chi connectivity index (χ1n) is 7.56. The second-order valence-corrected chi connectivity index (χ2v) is 6.88. The first-order valence-corrected chi connectivity index (χ1v) is 8.60. The highest BCUT2D eigenvalue weighted by molar-refractivity contribution is 8.00. The third-order valence-corrected chi connectivity index (χ3v) is 5.80. The van der Waals surface area contributed by atoms with Gasteiger partial charge in [0, 0.05) is 5.75 Å². The predicted molar refractivity (Wildman–Crippen MR) is 90.8 cm³/mol. The Morgan fingerprint density at radius 2 is 2.21 bits per heavy atom. The average Bonchev–Trinajstić information content (AvgIpc) is 2.54. The summed E-state index contributed by atoms with van der Waals surface area (Å²) < 4.78 is 0. The minimum Gasteiger partial charge on any atom is -0.477 e. The van der Waals surface area contributed by atoms with E-state index in [1.807, 2.05) is 6.92 Å². The van der Waals surface area contributed by atoms with E-state index in [0.717, 1.165) is 0 Å². The van der Waals surface area contributed by atoms with Gasteiger partial charge in [-0.05, 0) is 37.6 Å². The van der Waals surface area contributed by atoms with Gasteiger partial charge in [0.05, 0.1) is 0 Å². The molecule has 24 heavy (non-hydrogen) atoms. The molecule has 0 aromatic carbocycles. The first kappa shape index (κ1) is 18.5. The van der Waals surface area contributed by atoms with E-state index in [0.29, 0.717) is 23.3 Å². The van der Waals surface area contributed by atoms with Gasteiger partial charge in [0.15, 0.2) is 0 Å². The topological polar surface area (TPSA) is 139 Å². The summed E-state index contributed by atoms with van der Waals surface area (Å²) in [4.78, 5) is 36.9. The van der Waals surface area contributed by atoms with Crippen LogP contribution in [0.25, 0.3) is 0 Å². The zero-order valence-electron chi connectivity index (χ0n) is 13.8. The maximum absolute atomic E-state index is 12.7. The van der Waals surface area contributed by atoms with E-state index in [9.17, 15) is 19.5 Å². The third-order valence-electron chi connectivity index (χ3n) is 4.54. The van der Waals surface area contributed by atoms with Gasteiger partial charge in [-0.15, -0.1) is 11.8 Å². The van der Waals surface area contributed by atoms with Gasteiger partial charge in [0.2, 0.25) is 5.91 Å². The number of carbonyl (C=O) groups is 3. The molecule has 3 atom stereocenters. The minimum atomic E-state index is -1.33. The van der Waals surface area contributed by atoms with Gasteiger partial charge in [-0.1, -0.05) is 6.92 Å². The smallest absolute Gasteiger partial charge is 0.352 e. The lowest BCUT2D eigenvalue weighted by Crippen LogP contribution is -2.78. The number of fused-ring (bicyclic) bond motifs is 1. The van der Waals surface area contributed by atoms with E-state index in [1.54, 1.807) is 14.0 Å². The Morgan fingerprint density at radius 1 is 1.58 bits per heavy atom. The Labute approximate surface area is 144 Å². The number of primary amides is 1. The molecular formula is C15H22N4O4S. The molecule has 0 aliphatic carbocycles. The highest BCUT2D eigenvalue weighted by Gasteiger charge is 2.63. The summed E-state index contributed by atoms with van der Waals surface area (Å²) in [7, 11) is 1.60. The van der Waals surface area contributed by atoms with Crippen LogP contribution in [-0.4, -0.2) is 57.5 Å². The minimum absolute atomic E-state index is 0.0435. The van der Waals surface area contributed by atoms with Crippen molar-refractivity contribution in [2.75, 3.05) is 12.8 Å². The number of nitrogens with one attached hydrogen (secondary N) is 1. The lowest BCUT2D eigenvalue weighted by Gasteiger charge is -2.56. The maximum atomic E-state index is 12.7. The molecule has 2 amide bonds. The lowest BCUT2D eigenvalue weighted by molar-refractivity contribution is -0.152. The molecule has 0 spiro atoms. The predicted octanol–water partition coefficient (Wildman–Crippen LogP) is -0.633. The van der Waals surface area contributed by atoms with Crippen LogP contribution in [0, 0.1) is 0 Å². The molecule has 2 heterocycles. The number of carboxylic acid groups (broad SMARTS) is 1. The summed E-state index contributed by atoms with van der Waals surface area (Å²) in [6, 6.07) is -0.731. The molecule has 132 valence electrons. The molecule has 1 fully saturated rings. The van der Waals surface area contributed by atoms with E-state index in [4.69, 9.17) is 11.5 Å². The molecule has 2 aliphatic rings. The van der Waals surface area contributed by atoms with E-state index in [2.05, 4.69) is 5.32 Å². The van der Waals surface area contributed by atoms with Crippen LogP contribution in [0.15, 0.2) is 22.9 Å². The second-order valence-electron chi connectivity index (χ2n) is 5.76. The summed E-state index contributed by atoms with van der Waals surface area (Å²) in [6.07, 6.45) is 1.96. The zero-order chi connectivity index (χ0) is 18.2. The summed E-state index contributed by atoms with van der Waals surface area (Å²) >= 11 is 1.40. The normalized spacial score (nSPS) is 28.3. The quantitative estimate of drug-likeness (QED) is 0.368. The molecule has 6 N–H and O–H groups in total. The standard InChI is InChI=1S/C15H22N4O4S/c1-4-8(7(2)10(18-3)11(16)20)15(17)13(23)19-9(12(21)22)5-6-24-14(15)19/h5,10,14,18H,4,6,17H2,1-3H3,(H2,16,20)(H,21,22)/b8-7+/t10?,14-,15+/m0/s1. The van der Waals surface area contributed by atoms with E-state index in [-0.39, 0.29) is 5.70 Å². The van der Waals surface area contributed by atoms with Crippen molar-refractivity contribution < 1.29 is 19.5 Å². The van der Waals surface area contributed by atoms with Crippen LogP contribution in [0.5, 0.6) is 0 Å². The van der Waals surface area contributed by atoms with Gasteiger partial charge >= 0.3 is 5.97 Å². The molecule has 0 aromatic rings. The molecule has 0 bridgehead atoms. The highest BCUT2D eigenvalue weighted by Crippen LogP contribution is 2.47. The van der Waals surface area contributed by atoms with Crippen LogP contribution < -0.4 is 16.8 Å². The number of nitrogens with zero attached hydrogens (tertiary/aromatic N) is 1. The molecule has 1 unspecified atom stereocenters.